The van der Waals surface area contributed by atoms with Gasteiger partial charge in [-0.05, 0) is 20.9 Å². The number of nitrogens with one attached hydrogen (secondary N) is 1. The van der Waals surface area contributed by atoms with E-state index in [0.29, 0.717) is 0 Å². The van der Waals surface area contributed by atoms with Crippen LogP contribution in [0.25, 0.3) is 0 Å². The van der Waals surface area contributed by atoms with Crippen LogP contribution in [0.2, 0.25) is 0 Å². The molecular formula is C9H21NO5. The van der Waals surface area contributed by atoms with Gasteiger partial charge in [0.25, 0.3) is 0 Å². The first-order valence-corrected chi connectivity index (χ1v) is 4.93. The van der Waals surface area contributed by atoms with E-state index in [2.05, 4.69) is 5.32 Å². The van der Waals surface area contributed by atoms with Gasteiger partial charge in [0, 0.05) is 6.61 Å². The summed E-state index contributed by atoms with van der Waals surface area (Å²) in [6.07, 6.45) is -3.93. The molecule has 92 valence electrons. The molecule has 6 nitrogen and oxygen atoms in total. The Morgan fingerprint density at radius 3 is 2.13 bits per heavy atom. The number of aliphatic hydroxyl groups is 4. The van der Waals surface area contributed by atoms with Gasteiger partial charge in [-0.2, -0.15) is 0 Å². The molecule has 0 aliphatic carbocycles. The molecular weight excluding hydrogens is 202 g/mol. The largest absolute Gasteiger partial charge is 0.392 e. The molecule has 4 unspecified atom stereocenters. The third-order valence-electron chi connectivity index (χ3n) is 2.36. The minimum absolute atomic E-state index is 0.255. The molecule has 0 aromatic carbocycles. The van der Waals surface area contributed by atoms with Crippen molar-refractivity contribution in [2.75, 3.05) is 20.3 Å². The summed E-state index contributed by atoms with van der Waals surface area (Å²) in [7, 11) is 1.49. The second-order valence-electron chi connectivity index (χ2n) is 3.41. The van der Waals surface area contributed by atoms with Crippen molar-refractivity contribution in [3.63, 3.8) is 0 Å². The first kappa shape index (κ1) is 14.8. The van der Waals surface area contributed by atoms with Crippen LogP contribution < -0.4 is 5.32 Å². The Bertz CT molecular complexity index is 172. The highest BCUT2D eigenvalue weighted by atomic mass is 16.5. The Hall–Kier alpha value is -0.240. The number of hydrogen-bond donors (Lipinski definition) is 5. The highest BCUT2D eigenvalue weighted by Gasteiger charge is 2.42. The molecule has 0 saturated heterocycles. The Morgan fingerprint density at radius 1 is 1.33 bits per heavy atom. The van der Waals surface area contributed by atoms with Crippen LogP contribution in [-0.4, -0.2) is 64.7 Å². The van der Waals surface area contributed by atoms with Crippen molar-refractivity contribution in [3.05, 3.63) is 0 Å². The predicted octanol–water partition coefficient (Wildman–Crippen LogP) is -1.97. The smallest absolute Gasteiger partial charge is 0.170 e. The molecule has 0 bridgehead atoms. The number of likely N-dealkylation sites (N-methyl/N-ethyl adjacent to an activating group) is 1. The van der Waals surface area contributed by atoms with E-state index in [-0.39, 0.29) is 6.61 Å². The molecule has 6 heteroatoms. The van der Waals surface area contributed by atoms with Crippen molar-refractivity contribution < 1.29 is 25.2 Å². The molecule has 15 heavy (non-hydrogen) atoms. The normalized spacial score (nSPS) is 21.8. The lowest BCUT2D eigenvalue weighted by atomic mass is 9.98. The molecule has 0 aromatic heterocycles. The number of ether oxygens (including phenoxy) is 1. The van der Waals surface area contributed by atoms with Crippen molar-refractivity contribution >= 4 is 0 Å². The first-order valence-electron chi connectivity index (χ1n) is 4.93. The van der Waals surface area contributed by atoms with Crippen molar-refractivity contribution in [3.8, 4) is 0 Å². The van der Waals surface area contributed by atoms with Crippen molar-refractivity contribution in [2.45, 2.75) is 37.9 Å². The predicted molar refractivity (Wildman–Crippen MR) is 54.2 cm³/mol. The number of hydrogen-bond acceptors (Lipinski definition) is 6. The van der Waals surface area contributed by atoms with E-state index in [1.54, 1.807) is 6.92 Å². The van der Waals surface area contributed by atoms with Gasteiger partial charge in [-0.25, -0.2) is 0 Å². The molecule has 0 spiro atoms. The maximum absolute atomic E-state index is 9.77. The molecule has 0 amide bonds. The summed E-state index contributed by atoms with van der Waals surface area (Å²) in [6, 6.07) is 0. The van der Waals surface area contributed by atoms with Crippen molar-refractivity contribution in [2.24, 2.45) is 0 Å². The van der Waals surface area contributed by atoms with E-state index in [1.165, 1.54) is 14.0 Å². The second kappa shape index (κ2) is 6.37. The molecule has 0 rings (SSSR count). The van der Waals surface area contributed by atoms with Crippen LogP contribution in [0.3, 0.4) is 0 Å². The fourth-order valence-electron chi connectivity index (χ4n) is 1.32. The zero-order valence-electron chi connectivity index (χ0n) is 9.34. The van der Waals surface area contributed by atoms with Gasteiger partial charge in [-0.15, -0.1) is 0 Å². The highest BCUT2D eigenvalue weighted by molar-refractivity contribution is 4.90. The van der Waals surface area contributed by atoms with Crippen molar-refractivity contribution in [1.82, 2.24) is 5.32 Å². The maximum Gasteiger partial charge on any atom is 0.170 e. The van der Waals surface area contributed by atoms with Gasteiger partial charge in [-0.3, -0.25) is 5.32 Å². The average molecular weight is 223 g/mol. The topological polar surface area (TPSA) is 102 Å². The Morgan fingerprint density at radius 2 is 1.87 bits per heavy atom. The van der Waals surface area contributed by atoms with Gasteiger partial charge >= 0.3 is 0 Å². The van der Waals surface area contributed by atoms with Crippen molar-refractivity contribution in [1.29, 1.82) is 0 Å². The molecule has 0 saturated carbocycles. The molecule has 0 radical (unpaired) electrons. The standard InChI is InChI=1S/C9H21NO5/c1-4-15-9(5-11,10-3)8(14)7(13)6(2)12/h6-8,10-14H,4-5H2,1-3H3. The van der Waals surface area contributed by atoms with Crippen LogP contribution in [0.4, 0.5) is 0 Å². The maximum atomic E-state index is 9.77. The quantitative estimate of drug-likeness (QED) is 0.321. The fraction of sp³-hybridized carbons (Fsp3) is 1.00. The van der Waals surface area contributed by atoms with E-state index in [4.69, 9.17) is 14.9 Å². The molecule has 0 aliphatic heterocycles. The summed E-state index contributed by atoms with van der Waals surface area (Å²) in [4.78, 5) is 0. The van der Waals surface area contributed by atoms with Crippen LogP contribution >= 0.6 is 0 Å². The van der Waals surface area contributed by atoms with Gasteiger partial charge < -0.3 is 25.2 Å². The van der Waals surface area contributed by atoms with Crippen LogP contribution in [0.5, 0.6) is 0 Å². The van der Waals surface area contributed by atoms with Crippen LogP contribution in [0.1, 0.15) is 13.8 Å². The van der Waals surface area contributed by atoms with Gasteiger partial charge in [-0.1, -0.05) is 0 Å². The van der Waals surface area contributed by atoms with Gasteiger partial charge in [0.2, 0.25) is 0 Å². The number of rotatable bonds is 7. The Balaban J connectivity index is 4.73. The third-order valence-corrected chi connectivity index (χ3v) is 2.36. The average Bonchev–Trinajstić information content (AvgIpc) is 2.24. The minimum atomic E-state index is -1.45. The Labute approximate surface area is 89.5 Å². The minimum Gasteiger partial charge on any atom is -0.392 e. The van der Waals surface area contributed by atoms with E-state index in [9.17, 15) is 10.2 Å². The molecule has 5 N–H and O–H groups in total. The Kier molecular flexibility index (Phi) is 6.26. The molecule has 0 fully saturated rings. The summed E-state index contributed by atoms with van der Waals surface area (Å²) >= 11 is 0. The van der Waals surface area contributed by atoms with Crippen LogP contribution in [-0.2, 0) is 4.74 Å². The summed E-state index contributed by atoms with van der Waals surface area (Å²) in [6.45, 7) is 2.79. The van der Waals surface area contributed by atoms with E-state index < -0.39 is 30.6 Å². The van der Waals surface area contributed by atoms with Gasteiger partial charge in [0.1, 0.15) is 12.2 Å². The highest BCUT2D eigenvalue weighted by Crippen LogP contribution is 2.17. The van der Waals surface area contributed by atoms with Gasteiger partial charge in [0.15, 0.2) is 5.72 Å². The summed E-state index contributed by atoms with van der Waals surface area (Å²) in [5.74, 6) is 0. The lowest BCUT2D eigenvalue weighted by Gasteiger charge is -2.38. The molecule has 0 aliphatic rings. The third kappa shape index (κ3) is 3.37. The number of aliphatic hydroxyl groups excluding tert-OH is 4. The van der Waals surface area contributed by atoms with Crippen LogP contribution in [0, 0.1) is 0 Å². The zero-order chi connectivity index (χ0) is 12.1. The van der Waals surface area contributed by atoms with Crippen LogP contribution in [0.15, 0.2) is 0 Å². The first-order chi connectivity index (χ1) is 6.95. The SMILES string of the molecule is CCOC(CO)(NC)C(O)C(O)C(C)O. The van der Waals surface area contributed by atoms with E-state index in [0.717, 1.165) is 0 Å². The molecule has 0 heterocycles. The summed E-state index contributed by atoms with van der Waals surface area (Å²) in [5.41, 5.74) is -1.45. The molecule has 4 atom stereocenters. The van der Waals surface area contributed by atoms with Gasteiger partial charge in [0.05, 0.1) is 12.7 Å². The lowest BCUT2D eigenvalue weighted by molar-refractivity contribution is -0.202. The summed E-state index contributed by atoms with van der Waals surface area (Å²) in [5, 5.41) is 40.2. The monoisotopic (exact) mass is 223 g/mol. The molecule has 0 aromatic rings. The van der Waals surface area contributed by atoms with E-state index in [1.807, 2.05) is 0 Å². The lowest BCUT2D eigenvalue weighted by Crippen LogP contribution is -2.63. The second-order valence-corrected chi connectivity index (χ2v) is 3.41. The summed E-state index contributed by atoms with van der Waals surface area (Å²) < 4.78 is 5.18. The fourth-order valence-corrected chi connectivity index (χ4v) is 1.32. The van der Waals surface area contributed by atoms with E-state index >= 15 is 0 Å². The zero-order valence-corrected chi connectivity index (χ0v) is 9.34.